The average Bonchev–Trinajstić information content (AvgIpc) is 3.31. The van der Waals surface area contributed by atoms with E-state index in [1.807, 2.05) is 0 Å². The van der Waals surface area contributed by atoms with Gasteiger partial charge in [0, 0.05) is 23.5 Å². The summed E-state index contributed by atoms with van der Waals surface area (Å²) in [6.07, 6.45) is 3.64. The first kappa shape index (κ1) is 14.6. The molecule has 1 aliphatic carbocycles. The molecule has 0 aromatic heterocycles. The maximum absolute atomic E-state index is 6.42. The van der Waals surface area contributed by atoms with Crippen molar-refractivity contribution < 1.29 is 0 Å². The molecule has 1 atom stereocenters. The van der Waals surface area contributed by atoms with E-state index in [1.54, 1.807) is 0 Å². The Morgan fingerprint density at radius 2 is 1.90 bits per heavy atom. The highest BCUT2D eigenvalue weighted by Crippen LogP contribution is 2.27. The molecule has 110 valence electrons. The molecule has 2 aromatic carbocycles. The molecular formula is C19H22ClN. The van der Waals surface area contributed by atoms with E-state index in [2.05, 4.69) is 60.8 Å². The minimum absolute atomic E-state index is 0.479. The lowest BCUT2D eigenvalue weighted by Gasteiger charge is -2.19. The van der Waals surface area contributed by atoms with E-state index in [0.29, 0.717) is 5.92 Å². The smallest absolute Gasteiger partial charge is 0.0440 e. The second kappa shape index (κ2) is 6.64. The SMILES string of the molecule is Cc1ccc(CC(CNC2CC2)c2ccccc2)c(Cl)c1. The van der Waals surface area contributed by atoms with Crippen LogP contribution in [-0.4, -0.2) is 12.6 Å². The van der Waals surface area contributed by atoms with Crippen LogP contribution in [0.25, 0.3) is 0 Å². The van der Waals surface area contributed by atoms with E-state index in [-0.39, 0.29) is 0 Å². The van der Waals surface area contributed by atoms with Crippen molar-refractivity contribution in [3.63, 3.8) is 0 Å². The standard InChI is InChI=1S/C19H22ClN/c1-14-7-8-16(19(20)11-14)12-17(13-21-18-9-10-18)15-5-3-2-4-6-15/h2-8,11,17-18,21H,9-10,12-13H2,1H3. The summed E-state index contributed by atoms with van der Waals surface area (Å²) in [7, 11) is 0. The van der Waals surface area contributed by atoms with Crippen LogP contribution in [0.3, 0.4) is 0 Å². The van der Waals surface area contributed by atoms with Crippen LogP contribution in [0.5, 0.6) is 0 Å². The number of halogens is 1. The van der Waals surface area contributed by atoms with E-state index < -0.39 is 0 Å². The second-order valence-corrected chi connectivity index (χ2v) is 6.50. The molecule has 0 saturated heterocycles. The molecule has 3 rings (SSSR count). The van der Waals surface area contributed by atoms with Crippen molar-refractivity contribution in [3.05, 3.63) is 70.2 Å². The summed E-state index contributed by atoms with van der Waals surface area (Å²) in [6.45, 7) is 3.11. The van der Waals surface area contributed by atoms with Gasteiger partial charge < -0.3 is 5.32 Å². The third kappa shape index (κ3) is 4.09. The van der Waals surface area contributed by atoms with Crippen LogP contribution in [0.4, 0.5) is 0 Å². The summed E-state index contributed by atoms with van der Waals surface area (Å²) in [5.74, 6) is 0.479. The molecule has 1 unspecified atom stereocenters. The van der Waals surface area contributed by atoms with Crippen molar-refractivity contribution in [2.75, 3.05) is 6.54 Å². The normalized spacial score (nSPS) is 15.9. The molecule has 0 spiro atoms. The summed E-state index contributed by atoms with van der Waals surface area (Å²) in [4.78, 5) is 0. The van der Waals surface area contributed by atoms with Gasteiger partial charge in [0.05, 0.1) is 0 Å². The van der Waals surface area contributed by atoms with Crippen molar-refractivity contribution in [2.24, 2.45) is 0 Å². The first-order valence-electron chi connectivity index (χ1n) is 7.76. The summed E-state index contributed by atoms with van der Waals surface area (Å²) in [6, 6.07) is 17.9. The van der Waals surface area contributed by atoms with Crippen molar-refractivity contribution in [2.45, 2.75) is 38.1 Å². The lowest BCUT2D eigenvalue weighted by atomic mass is 9.91. The Kier molecular flexibility index (Phi) is 4.62. The van der Waals surface area contributed by atoms with Gasteiger partial charge in [0.25, 0.3) is 0 Å². The molecule has 0 heterocycles. The number of hydrogen-bond donors (Lipinski definition) is 1. The predicted octanol–water partition coefficient (Wildman–Crippen LogP) is 4.73. The van der Waals surface area contributed by atoms with Gasteiger partial charge in [-0.2, -0.15) is 0 Å². The van der Waals surface area contributed by atoms with Crippen molar-refractivity contribution >= 4 is 11.6 Å². The molecule has 1 N–H and O–H groups in total. The molecule has 21 heavy (non-hydrogen) atoms. The Bertz CT molecular complexity index is 590. The van der Waals surface area contributed by atoms with Gasteiger partial charge in [0.1, 0.15) is 0 Å². The first-order chi connectivity index (χ1) is 10.2. The molecule has 1 fully saturated rings. The topological polar surface area (TPSA) is 12.0 Å². The highest BCUT2D eigenvalue weighted by molar-refractivity contribution is 6.31. The average molecular weight is 300 g/mol. The molecule has 1 saturated carbocycles. The van der Waals surface area contributed by atoms with Gasteiger partial charge in [0.15, 0.2) is 0 Å². The highest BCUT2D eigenvalue weighted by Gasteiger charge is 2.23. The number of benzene rings is 2. The summed E-state index contributed by atoms with van der Waals surface area (Å²) in [5, 5.41) is 4.55. The van der Waals surface area contributed by atoms with E-state index in [0.717, 1.165) is 24.0 Å². The zero-order chi connectivity index (χ0) is 14.7. The fourth-order valence-electron chi connectivity index (χ4n) is 2.71. The van der Waals surface area contributed by atoms with Crippen molar-refractivity contribution in [3.8, 4) is 0 Å². The molecule has 1 nitrogen and oxygen atoms in total. The number of nitrogens with one attached hydrogen (secondary N) is 1. The van der Waals surface area contributed by atoms with Crippen molar-refractivity contribution in [1.29, 1.82) is 0 Å². The Hall–Kier alpha value is -1.31. The fraction of sp³-hybridized carbons (Fsp3) is 0.368. The molecule has 0 bridgehead atoms. The van der Waals surface area contributed by atoms with Crippen LogP contribution in [0.1, 0.15) is 35.4 Å². The van der Waals surface area contributed by atoms with Crippen LogP contribution in [0.2, 0.25) is 5.02 Å². The Balaban J connectivity index is 1.77. The maximum Gasteiger partial charge on any atom is 0.0440 e. The summed E-state index contributed by atoms with van der Waals surface area (Å²) >= 11 is 6.42. The van der Waals surface area contributed by atoms with Crippen LogP contribution < -0.4 is 5.32 Å². The Morgan fingerprint density at radius 3 is 2.57 bits per heavy atom. The van der Waals surface area contributed by atoms with Crippen LogP contribution >= 0.6 is 11.6 Å². The second-order valence-electron chi connectivity index (χ2n) is 6.09. The van der Waals surface area contributed by atoms with Gasteiger partial charge in [-0.3, -0.25) is 0 Å². The van der Waals surface area contributed by atoms with Crippen LogP contribution in [0, 0.1) is 6.92 Å². The van der Waals surface area contributed by atoms with E-state index in [1.165, 1.54) is 29.5 Å². The first-order valence-corrected chi connectivity index (χ1v) is 8.13. The van der Waals surface area contributed by atoms with E-state index in [9.17, 15) is 0 Å². The molecule has 0 amide bonds. The third-order valence-corrected chi connectivity index (χ3v) is 4.53. The fourth-order valence-corrected chi connectivity index (χ4v) is 3.03. The third-order valence-electron chi connectivity index (χ3n) is 4.18. The largest absolute Gasteiger partial charge is 0.313 e. The minimum Gasteiger partial charge on any atom is -0.313 e. The van der Waals surface area contributed by atoms with E-state index >= 15 is 0 Å². The maximum atomic E-state index is 6.42. The Labute approximate surface area is 132 Å². The van der Waals surface area contributed by atoms with Crippen LogP contribution in [0.15, 0.2) is 48.5 Å². The van der Waals surface area contributed by atoms with E-state index in [4.69, 9.17) is 11.6 Å². The zero-order valence-corrected chi connectivity index (χ0v) is 13.2. The molecule has 1 aliphatic rings. The molecule has 2 aromatic rings. The zero-order valence-electron chi connectivity index (χ0n) is 12.5. The lowest BCUT2D eigenvalue weighted by molar-refractivity contribution is 0.577. The van der Waals surface area contributed by atoms with Gasteiger partial charge in [-0.05, 0) is 48.9 Å². The summed E-state index contributed by atoms with van der Waals surface area (Å²) in [5.41, 5.74) is 3.85. The van der Waals surface area contributed by atoms with Gasteiger partial charge in [-0.1, -0.05) is 54.1 Å². The van der Waals surface area contributed by atoms with Gasteiger partial charge in [0.2, 0.25) is 0 Å². The highest BCUT2D eigenvalue weighted by atomic mass is 35.5. The van der Waals surface area contributed by atoms with Gasteiger partial charge in [-0.15, -0.1) is 0 Å². The number of aryl methyl sites for hydroxylation is 1. The lowest BCUT2D eigenvalue weighted by Crippen LogP contribution is -2.24. The van der Waals surface area contributed by atoms with Gasteiger partial charge >= 0.3 is 0 Å². The van der Waals surface area contributed by atoms with Crippen molar-refractivity contribution in [1.82, 2.24) is 5.32 Å². The summed E-state index contributed by atoms with van der Waals surface area (Å²) < 4.78 is 0. The van der Waals surface area contributed by atoms with Crippen LogP contribution in [-0.2, 0) is 6.42 Å². The number of hydrogen-bond acceptors (Lipinski definition) is 1. The molecule has 2 heteroatoms. The number of rotatable bonds is 6. The quantitative estimate of drug-likeness (QED) is 0.813. The predicted molar refractivity (Wildman–Crippen MR) is 90.1 cm³/mol. The van der Waals surface area contributed by atoms with Gasteiger partial charge in [-0.25, -0.2) is 0 Å². The Morgan fingerprint density at radius 1 is 1.14 bits per heavy atom. The monoisotopic (exact) mass is 299 g/mol. The molecule has 0 radical (unpaired) electrons. The minimum atomic E-state index is 0.479. The molecule has 0 aliphatic heterocycles. The molecular weight excluding hydrogens is 278 g/mol.